The second kappa shape index (κ2) is 13.2. The van der Waals surface area contributed by atoms with Gasteiger partial charge in [0.15, 0.2) is 0 Å². The van der Waals surface area contributed by atoms with Crippen LogP contribution in [-0.2, 0) is 12.8 Å². The van der Waals surface area contributed by atoms with Crippen molar-refractivity contribution in [2.45, 2.75) is 47.5 Å². The first kappa shape index (κ1) is 30.9. The Morgan fingerprint density at radius 1 is 0.708 bits per heavy atom. The maximum atomic E-state index is 5.25. The van der Waals surface area contributed by atoms with Crippen LogP contribution in [0.4, 0.5) is 5.69 Å². The van der Waals surface area contributed by atoms with E-state index in [4.69, 9.17) is 19.9 Å². The summed E-state index contributed by atoms with van der Waals surface area (Å²) < 4.78 is 2.25. The molecule has 0 fully saturated rings. The molecule has 0 aliphatic carbocycles. The van der Waals surface area contributed by atoms with Crippen molar-refractivity contribution >= 4 is 39.4 Å². The normalized spacial score (nSPS) is 12.3. The van der Waals surface area contributed by atoms with Crippen LogP contribution < -0.4 is 0 Å². The number of hydrogen-bond acceptors (Lipinski definition) is 4. The van der Waals surface area contributed by atoms with E-state index in [0.29, 0.717) is 0 Å². The Bertz CT molecular complexity index is 2320. The zero-order valence-corrected chi connectivity index (χ0v) is 28.2. The highest BCUT2D eigenvalue weighted by atomic mass is 15.2. The van der Waals surface area contributed by atoms with Gasteiger partial charge in [-0.2, -0.15) is 0 Å². The molecule has 4 aromatic carbocycles. The van der Waals surface area contributed by atoms with Crippen molar-refractivity contribution in [3.63, 3.8) is 0 Å². The number of rotatable bonds is 5. The van der Waals surface area contributed by atoms with E-state index < -0.39 is 0 Å². The summed E-state index contributed by atoms with van der Waals surface area (Å²) in [6, 6.07) is 34.3. The first-order valence-corrected chi connectivity index (χ1v) is 16.9. The Balaban J connectivity index is 0.00000179. The summed E-state index contributed by atoms with van der Waals surface area (Å²) in [6.07, 6.45) is 9.62. The van der Waals surface area contributed by atoms with Gasteiger partial charge >= 0.3 is 0 Å². The Morgan fingerprint density at radius 3 is 1.90 bits per heavy atom. The van der Waals surface area contributed by atoms with Crippen LogP contribution in [0.5, 0.6) is 0 Å². The summed E-state index contributed by atoms with van der Waals surface area (Å²) in [5.41, 5.74) is 13.1. The fourth-order valence-corrected chi connectivity index (χ4v) is 6.64. The van der Waals surface area contributed by atoms with Crippen molar-refractivity contribution < 1.29 is 0 Å². The highest BCUT2D eigenvalue weighted by Gasteiger charge is 2.24. The standard InChI is InChI=1S/C41H33N5.C2H6/c1-4-8-37-35(5-2)44-38-25-30-9-6-7-10-36(30)45-41(46(37)38)29-17-15-28(16-18-29)32-22-24-43-40-34(32)20-19-33-31(21-23-42-39(33)40)27-13-11-26(3)12-14-27;1-2/h4,6-24H,5,25H2,1-3H3;1-2H3/b8-4-;. The smallest absolute Gasteiger partial charge is 0.146 e. The minimum Gasteiger partial charge on any atom is -0.280 e. The van der Waals surface area contributed by atoms with Crippen molar-refractivity contribution in [1.29, 1.82) is 0 Å². The molecular formula is C43H39N5. The number of para-hydroxylation sites is 1. The van der Waals surface area contributed by atoms with E-state index in [-0.39, 0.29) is 0 Å². The summed E-state index contributed by atoms with van der Waals surface area (Å²) in [5.74, 6) is 1.91. The van der Waals surface area contributed by atoms with Crippen LogP contribution in [0.2, 0.25) is 0 Å². The van der Waals surface area contributed by atoms with E-state index in [1.165, 1.54) is 16.7 Å². The van der Waals surface area contributed by atoms with E-state index in [9.17, 15) is 0 Å². The lowest BCUT2D eigenvalue weighted by atomic mass is 9.96. The number of aromatic nitrogens is 4. The summed E-state index contributed by atoms with van der Waals surface area (Å²) >= 11 is 0. The third kappa shape index (κ3) is 5.41. The molecular weight excluding hydrogens is 587 g/mol. The molecule has 0 saturated carbocycles. The second-order valence-electron chi connectivity index (χ2n) is 11.8. The van der Waals surface area contributed by atoms with E-state index in [1.807, 2.05) is 26.2 Å². The molecule has 1 aliphatic heterocycles. The van der Waals surface area contributed by atoms with Gasteiger partial charge < -0.3 is 0 Å². The quantitative estimate of drug-likeness (QED) is 0.179. The lowest BCUT2D eigenvalue weighted by Crippen LogP contribution is -2.17. The average Bonchev–Trinajstić information content (AvgIpc) is 3.38. The van der Waals surface area contributed by atoms with Crippen LogP contribution in [0.1, 0.15) is 61.6 Å². The third-order valence-corrected chi connectivity index (χ3v) is 8.93. The number of imidazole rings is 1. The van der Waals surface area contributed by atoms with Gasteiger partial charge in [0.1, 0.15) is 11.7 Å². The molecule has 3 aromatic heterocycles. The van der Waals surface area contributed by atoms with Crippen LogP contribution in [-0.4, -0.2) is 25.4 Å². The monoisotopic (exact) mass is 625 g/mol. The number of hydrogen-bond donors (Lipinski definition) is 0. The number of nitrogens with zero attached hydrogens (tertiary/aromatic N) is 5. The van der Waals surface area contributed by atoms with Gasteiger partial charge in [0.05, 0.1) is 28.1 Å². The predicted octanol–water partition coefficient (Wildman–Crippen LogP) is 10.8. The number of aryl methyl sites for hydroxylation is 2. The number of pyridine rings is 2. The van der Waals surface area contributed by atoms with E-state index in [0.717, 1.165) is 85.6 Å². The largest absolute Gasteiger partial charge is 0.280 e. The molecule has 0 atom stereocenters. The molecule has 0 N–H and O–H groups in total. The lowest BCUT2D eigenvalue weighted by Gasteiger charge is -2.14. The van der Waals surface area contributed by atoms with Gasteiger partial charge in [-0.1, -0.05) is 111 Å². The predicted molar refractivity (Wildman–Crippen MR) is 201 cm³/mol. The summed E-state index contributed by atoms with van der Waals surface area (Å²) in [6.45, 7) is 10.3. The number of allylic oxidation sites excluding steroid dienone is 1. The van der Waals surface area contributed by atoms with Crippen molar-refractivity contribution in [3.8, 4) is 22.3 Å². The third-order valence-electron chi connectivity index (χ3n) is 8.93. The van der Waals surface area contributed by atoms with Crippen LogP contribution in [0.3, 0.4) is 0 Å². The van der Waals surface area contributed by atoms with Crippen LogP contribution in [0.25, 0.3) is 50.1 Å². The van der Waals surface area contributed by atoms with Gasteiger partial charge in [-0.25, -0.2) is 9.98 Å². The molecule has 5 nitrogen and oxygen atoms in total. The molecule has 0 spiro atoms. The molecule has 0 unspecified atom stereocenters. The summed E-state index contributed by atoms with van der Waals surface area (Å²) in [5, 5.41) is 2.18. The highest BCUT2D eigenvalue weighted by Crippen LogP contribution is 2.36. The minimum atomic E-state index is 0.739. The van der Waals surface area contributed by atoms with Crippen molar-refractivity contribution in [3.05, 3.63) is 149 Å². The average molecular weight is 626 g/mol. The molecule has 5 heteroatoms. The van der Waals surface area contributed by atoms with Crippen LogP contribution >= 0.6 is 0 Å². The summed E-state index contributed by atoms with van der Waals surface area (Å²) in [7, 11) is 0. The fraction of sp³-hybridized carbons (Fsp3) is 0.163. The maximum Gasteiger partial charge on any atom is 0.146 e. The minimum absolute atomic E-state index is 0.739. The van der Waals surface area contributed by atoms with Crippen LogP contribution in [0.15, 0.2) is 121 Å². The van der Waals surface area contributed by atoms with Crippen molar-refractivity contribution in [1.82, 2.24) is 19.5 Å². The van der Waals surface area contributed by atoms with E-state index in [1.54, 1.807) is 0 Å². The van der Waals surface area contributed by atoms with Crippen LogP contribution in [0, 0.1) is 6.92 Å². The molecule has 7 aromatic rings. The van der Waals surface area contributed by atoms with Gasteiger partial charge in [0.2, 0.25) is 0 Å². The van der Waals surface area contributed by atoms with Crippen molar-refractivity contribution in [2.24, 2.45) is 4.99 Å². The zero-order chi connectivity index (χ0) is 33.2. The summed E-state index contributed by atoms with van der Waals surface area (Å²) in [4.78, 5) is 20.0. The Labute approximate surface area is 282 Å². The Hall–Kier alpha value is -5.68. The highest BCUT2D eigenvalue weighted by molar-refractivity contribution is 6.12. The number of fused-ring (bicyclic) bond motifs is 5. The van der Waals surface area contributed by atoms with Gasteiger partial charge in [0.25, 0.3) is 0 Å². The topological polar surface area (TPSA) is 56.0 Å². The van der Waals surface area contributed by atoms with E-state index in [2.05, 4.69) is 135 Å². The molecule has 236 valence electrons. The molecule has 0 amide bonds. The maximum absolute atomic E-state index is 5.25. The SMILES string of the molecule is C/C=C\c1c(CC)nc2n1C(c1ccc(-c3ccnc4c3ccc3c(-c5ccc(C)cc5)ccnc34)cc1)=Nc1ccccc1C2.CC. The Kier molecular flexibility index (Phi) is 8.51. The number of benzene rings is 4. The van der Waals surface area contributed by atoms with E-state index >= 15 is 0 Å². The number of aliphatic imine (C=N–C) groups is 1. The first-order valence-electron chi connectivity index (χ1n) is 16.9. The zero-order valence-electron chi connectivity index (χ0n) is 28.2. The molecule has 8 rings (SSSR count). The molecule has 1 aliphatic rings. The van der Waals surface area contributed by atoms with Gasteiger partial charge in [0, 0.05) is 35.2 Å². The molecule has 0 saturated heterocycles. The fourth-order valence-electron chi connectivity index (χ4n) is 6.64. The first-order chi connectivity index (χ1) is 23.6. The molecule has 0 radical (unpaired) electrons. The Morgan fingerprint density at radius 2 is 1.29 bits per heavy atom. The molecule has 0 bridgehead atoms. The molecule has 48 heavy (non-hydrogen) atoms. The van der Waals surface area contributed by atoms with Crippen molar-refractivity contribution in [2.75, 3.05) is 0 Å². The second-order valence-corrected chi connectivity index (χ2v) is 11.8. The van der Waals surface area contributed by atoms with Gasteiger partial charge in [-0.15, -0.1) is 0 Å². The van der Waals surface area contributed by atoms with Gasteiger partial charge in [-0.05, 0) is 72.4 Å². The lowest BCUT2D eigenvalue weighted by molar-refractivity contribution is 0.952. The molecule has 4 heterocycles. The van der Waals surface area contributed by atoms with Gasteiger partial charge in [-0.3, -0.25) is 14.5 Å².